The first-order chi connectivity index (χ1) is 11.3. The molecule has 0 N–H and O–H groups in total. The summed E-state index contributed by atoms with van der Waals surface area (Å²) < 4.78 is 0. The number of rotatable bonds is 3. The lowest BCUT2D eigenvalue weighted by Crippen LogP contribution is -1.94. The number of fused-ring (bicyclic) bond motifs is 3. The van der Waals surface area contributed by atoms with Crippen molar-refractivity contribution >= 4 is 11.6 Å². The topological polar surface area (TPSA) is 0 Å². The van der Waals surface area contributed by atoms with E-state index in [4.69, 9.17) is 11.6 Å². The van der Waals surface area contributed by atoms with E-state index in [2.05, 4.69) is 55.5 Å². The lowest BCUT2D eigenvalue weighted by Gasteiger charge is -2.12. The lowest BCUT2D eigenvalue weighted by molar-refractivity contribution is 1.11. The quantitative estimate of drug-likeness (QED) is 0.397. The van der Waals surface area contributed by atoms with Crippen LogP contribution in [-0.4, -0.2) is 0 Å². The lowest BCUT2D eigenvalue weighted by atomic mass is 9.98. The van der Waals surface area contributed by atoms with E-state index in [9.17, 15) is 0 Å². The average molecular weight is 319 g/mol. The van der Waals surface area contributed by atoms with Crippen LogP contribution in [0.4, 0.5) is 0 Å². The molecule has 0 heterocycles. The second kappa shape index (κ2) is 5.86. The van der Waals surface area contributed by atoms with Gasteiger partial charge in [-0.05, 0) is 51.8 Å². The van der Waals surface area contributed by atoms with Crippen LogP contribution in [0.15, 0.2) is 66.7 Å². The van der Waals surface area contributed by atoms with Crippen molar-refractivity contribution in [1.29, 1.82) is 0 Å². The SMILES string of the molecule is CCc1ccc2c(c1)Cc1cc(C(Cl)c3ccccc3)ccc1-2. The molecule has 0 bridgehead atoms. The monoisotopic (exact) mass is 318 g/mol. The zero-order valence-corrected chi connectivity index (χ0v) is 14.0. The summed E-state index contributed by atoms with van der Waals surface area (Å²) >= 11 is 6.69. The molecule has 4 rings (SSSR count). The minimum absolute atomic E-state index is 0.0867. The maximum atomic E-state index is 6.69. The summed E-state index contributed by atoms with van der Waals surface area (Å²) in [7, 11) is 0. The number of alkyl halides is 1. The van der Waals surface area contributed by atoms with Crippen LogP contribution in [0, 0.1) is 0 Å². The second-order valence-electron chi connectivity index (χ2n) is 6.21. The van der Waals surface area contributed by atoms with Crippen LogP contribution >= 0.6 is 11.6 Å². The van der Waals surface area contributed by atoms with Crippen LogP contribution < -0.4 is 0 Å². The molecule has 3 aromatic rings. The molecule has 114 valence electrons. The average Bonchev–Trinajstić information content (AvgIpc) is 2.98. The molecular formula is C22H19Cl. The van der Waals surface area contributed by atoms with Crippen molar-refractivity contribution in [2.45, 2.75) is 25.1 Å². The Morgan fingerprint density at radius 3 is 2.26 bits per heavy atom. The van der Waals surface area contributed by atoms with Gasteiger partial charge in [0.15, 0.2) is 0 Å². The number of hydrogen-bond donors (Lipinski definition) is 0. The van der Waals surface area contributed by atoms with Gasteiger partial charge in [0.2, 0.25) is 0 Å². The number of halogens is 1. The van der Waals surface area contributed by atoms with Crippen molar-refractivity contribution in [1.82, 2.24) is 0 Å². The van der Waals surface area contributed by atoms with Crippen molar-refractivity contribution in [3.63, 3.8) is 0 Å². The van der Waals surface area contributed by atoms with Gasteiger partial charge in [-0.25, -0.2) is 0 Å². The zero-order valence-electron chi connectivity index (χ0n) is 13.2. The largest absolute Gasteiger partial charge is 0.113 e. The molecule has 1 aliphatic carbocycles. The number of benzene rings is 3. The van der Waals surface area contributed by atoms with E-state index in [1.165, 1.54) is 33.4 Å². The molecule has 3 aromatic carbocycles. The third-order valence-corrected chi connectivity index (χ3v) is 5.27. The van der Waals surface area contributed by atoms with Gasteiger partial charge >= 0.3 is 0 Å². The van der Waals surface area contributed by atoms with Crippen molar-refractivity contribution < 1.29 is 0 Å². The third kappa shape index (κ3) is 2.58. The molecule has 0 saturated heterocycles. The van der Waals surface area contributed by atoms with Crippen molar-refractivity contribution in [3.8, 4) is 11.1 Å². The van der Waals surface area contributed by atoms with Crippen LogP contribution in [0.1, 0.15) is 40.1 Å². The van der Waals surface area contributed by atoms with Crippen molar-refractivity contribution in [2.24, 2.45) is 0 Å². The van der Waals surface area contributed by atoms with E-state index in [1.807, 2.05) is 18.2 Å². The van der Waals surface area contributed by atoms with Gasteiger partial charge in [-0.2, -0.15) is 0 Å². The van der Waals surface area contributed by atoms with Gasteiger partial charge in [0.05, 0.1) is 5.38 Å². The summed E-state index contributed by atoms with van der Waals surface area (Å²) in [6.07, 6.45) is 2.11. The van der Waals surface area contributed by atoms with E-state index in [1.54, 1.807) is 0 Å². The molecule has 0 amide bonds. The molecule has 0 fully saturated rings. The first-order valence-corrected chi connectivity index (χ1v) is 8.64. The molecule has 0 aromatic heterocycles. The number of aryl methyl sites for hydroxylation is 1. The summed E-state index contributed by atoms with van der Waals surface area (Å²) in [5.41, 5.74) is 9.34. The van der Waals surface area contributed by atoms with E-state index in [0.29, 0.717) is 0 Å². The maximum absolute atomic E-state index is 6.69. The van der Waals surface area contributed by atoms with Crippen molar-refractivity contribution in [2.75, 3.05) is 0 Å². The van der Waals surface area contributed by atoms with E-state index in [0.717, 1.165) is 18.4 Å². The minimum Gasteiger partial charge on any atom is -0.113 e. The standard InChI is InChI=1S/C22H19Cl/c1-2-15-8-10-20-18(12-15)14-19-13-17(9-11-21(19)20)22(23)16-6-4-3-5-7-16/h3-13,22H,2,14H2,1H3. The third-order valence-electron chi connectivity index (χ3n) is 4.76. The van der Waals surface area contributed by atoms with Crippen LogP contribution in [0.2, 0.25) is 0 Å². The Bertz CT molecular complexity index is 849. The van der Waals surface area contributed by atoms with Crippen LogP contribution in [0.25, 0.3) is 11.1 Å². The summed E-state index contributed by atoms with van der Waals surface area (Å²) in [6, 6.07) is 23.9. The summed E-state index contributed by atoms with van der Waals surface area (Å²) in [4.78, 5) is 0. The van der Waals surface area contributed by atoms with Crippen LogP contribution in [0.5, 0.6) is 0 Å². The highest BCUT2D eigenvalue weighted by Gasteiger charge is 2.20. The predicted octanol–water partition coefficient (Wildman–Crippen LogP) is 6.15. The van der Waals surface area contributed by atoms with Gasteiger partial charge in [0.25, 0.3) is 0 Å². The first kappa shape index (κ1) is 14.5. The molecule has 1 unspecified atom stereocenters. The Morgan fingerprint density at radius 1 is 0.826 bits per heavy atom. The van der Waals surface area contributed by atoms with Gasteiger partial charge < -0.3 is 0 Å². The fourth-order valence-corrected chi connectivity index (χ4v) is 3.76. The highest BCUT2D eigenvalue weighted by Crippen LogP contribution is 2.40. The minimum atomic E-state index is -0.0867. The Morgan fingerprint density at radius 2 is 1.52 bits per heavy atom. The summed E-state index contributed by atoms with van der Waals surface area (Å²) in [5, 5.41) is -0.0867. The summed E-state index contributed by atoms with van der Waals surface area (Å²) in [5.74, 6) is 0. The van der Waals surface area contributed by atoms with E-state index in [-0.39, 0.29) is 5.38 Å². The summed E-state index contributed by atoms with van der Waals surface area (Å²) in [6.45, 7) is 2.21. The Hall–Kier alpha value is -2.05. The molecule has 1 heteroatoms. The van der Waals surface area contributed by atoms with Crippen molar-refractivity contribution in [3.05, 3.63) is 94.5 Å². The Balaban J connectivity index is 1.70. The van der Waals surface area contributed by atoms with Crippen LogP contribution in [0.3, 0.4) is 0 Å². The normalized spacial score (nSPS) is 13.5. The fraction of sp³-hybridized carbons (Fsp3) is 0.182. The molecule has 0 spiro atoms. The predicted molar refractivity (Wildman–Crippen MR) is 98.2 cm³/mol. The molecule has 1 aliphatic rings. The van der Waals surface area contributed by atoms with Gasteiger partial charge in [-0.1, -0.05) is 73.7 Å². The fourth-order valence-electron chi connectivity index (χ4n) is 3.48. The molecular weight excluding hydrogens is 300 g/mol. The Labute approximate surface area is 142 Å². The molecule has 23 heavy (non-hydrogen) atoms. The Kier molecular flexibility index (Phi) is 3.71. The van der Waals surface area contributed by atoms with Gasteiger partial charge in [0.1, 0.15) is 0 Å². The van der Waals surface area contributed by atoms with E-state index >= 15 is 0 Å². The highest BCUT2D eigenvalue weighted by atomic mass is 35.5. The van der Waals surface area contributed by atoms with Gasteiger partial charge in [0, 0.05) is 0 Å². The second-order valence-corrected chi connectivity index (χ2v) is 6.65. The molecule has 0 aliphatic heterocycles. The molecule has 0 saturated carbocycles. The zero-order chi connectivity index (χ0) is 15.8. The van der Waals surface area contributed by atoms with Gasteiger partial charge in [-0.3, -0.25) is 0 Å². The molecule has 0 nitrogen and oxygen atoms in total. The smallest absolute Gasteiger partial charge is 0.0835 e. The van der Waals surface area contributed by atoms with Crippen LogP contribution in [-0.2, 0) is 12.8 Å². The number of hydrogen-bond acceptors (Lipinski definition) is 0. The molecule has 0 radical (unpaired) electrons. The maximum Gasteiger partial charge on any atom is 0.0835 e. The van der Waals surface area contributed by atoms with E-state index < -0.39 is 0 Å². The molecule has 1 atom stereocenters. The first-order valence-electron chi connectivity index (χ1n) is 8.20. The van der Waals surface area contributed by atoms with Gasteiger partial charge in [-0.15, -0.1) is 11.6 Å². The highest BCUT2D eigenvalue weighted by molar-refractivity contribution is 6.22.